The van der Waals surface area contributed by atoms with E-state index in [4.69, 9.17) is 11.6 Å². The lowest BCUT2D eigenvalue weighted by Crippen LogP contribution is -2.38. The van der Waals surface area contributed by atoms with E-state index < -0.39 is 11.6 Å². The van der Waals surface area contributed by atoms with Gasteiger partial charge in [-0.15, -0.1) is 11.8 Å². The topological polar surface area (TPSA) is 78.5 Å². The van der Waals surface area contributed by atoms with Gasteiger partial charge in [-0.3, -0.25) is 4.79 Å². The number of rotatable bonds is 7. The molecule has 0 fully saturated rings. The van der Waals surface area contributed by atoms with Crippen LogP contribution in [0.3, 0.4) is 0 Å². The summed E-state index contributed by atoms with van der Waals surface area (Å²) in [6.45, 7) is 3.83. The summed E-state index contributed by atoms with van der Waals surface area (Å²) in [5, 5.41) is 8.91. The Bertz CT molecular complexity index is 783. The van der Waals surface area contributed by atoms with Crippen molar-refractivity contribution in [3.8, 4) is 0 Å². The molecule has 0 spiro atoms. The summed E-state index contributed by atoms with van der Waals surface area (Å²) in [5.74, 6) is 0.581. The summed E-state index contributed by atoms with van der Waals surface area (Å²) >= 11 is 7.52. The van der Waals surface area contributed by atoms with Crippen molar-refractivity contribution in [2.45, 2.75) is 24.9 Å². The number of thioether (sulfide) groups is 1. The Morgan fingerprint density at radius 2 is 1.68 bits per heavy atom. The highest BCUT2D eigenvalue weighted by Gasteiger charge is 2.37. The van der Waals surface area contributed by atoms with Crippen molar-refractivity contribution in [1.82, 2.24) is 29.5 Å². The lowest BCUT2D eigenvalue weighted by Gasteiger charge is -2.27. The fraction of sp³-hybridized carbons (Fsp3) is 0.312. The van der Waals surface area contributed by atoms with Crippen molar-refractivity contribution < 1.29 is 4.79 Å². The first-order valence-electron chi connectivity index (χ1n) is 7.58. The SMILES string of the molecule is CC(C)(CSc1ccc(Cl)cc1)C(=O)C(n1cncn1)n1cncn1. The quantitative estimate of drug-likeness (QED) is 0.590. The first kappa shape index (κ1) is 17.6. The van der Waals surface area contributed by atoms with E-state index in [0.717, 1.165) is 4.90 Å². The Morgan fingerprint density at radius 3 is 2.16 bits per heavy atom. The van der Waals surface area contributed by atoms with E-state index >= 15 is 0 Å². The van der Waals surface area contributed by atoms with Gasteiger partial charge in [-0.05, 0) is 24.3 Å². The molecule has 2 heterocycles. The second-order valence-corrected chi connectivity index (χ2v) is 7.60. The van der Waals surface area contributed by atoms with Gasteiger partial charge in [-0.2, -0.15) is 10.2 Å². The van der Waals surface area contributed by atoms with Crippen LogP contribution in [0.25, 0.3) is 0 Å². The Kier molecular flexibility index (Phi) is 5.19. The van der Waals surface area contributed by atoms with Crippen LogP contribution < -0.4 is 0 Å². The molecule has 2 aromatic heterocycles. The van der Waals surface area contributed by atoms with Crippen molar-refractivity contribution in [2.24, 2.45) is 5.41 Å². The van der Waals surface area contributed by atoms with Crippen molar-refractivity contribution in [3.05, 3.63) is 54.6 Å². The molecule has 0 N–H and O–H groups in total. The van der Waals surface area contributed by atoms with Gasteiger partial charge >= 0.3 is 0 Å². The van der Waals surface area contributed by atoms with Crippen molar-refractivity contribution >= 4 is 29.1 Å². The Balaban J connectivity index is 1.79. The molecule has 7 nitrogen and oxygen atoms in total. The Hall–Kier alpha value is -2.19. The third-order valence-corrected chi connectivity index (χ3v) is 5.41. The van der Waals surface area contributed by atoms with Gasteiger partial charge in [0.15, 0.2) is 5.78 Å². The van der Waals surface area contributed by atoms with E-state index in [-0.39, 0.29) is 5.78 Å². The van der Waals surface area contributed by atoms with Crippen LogP contribution in [-0.4, -0.2) is 41.1 Å². The fourth-order valence-electron chi connectivity index (χ4n) is 2.26. The molecule has 9 heteroatoms. The number of carbonyl (C=O) groups is 1. The van der Waals surface area contributed by atoms with E-state index in [0.29, 0.717) is 10.8 Å². The van der Waals surface area contributed by atoms with Gasteiger partial charge < -0.3 is 0 Å². The van der Waals surface area contributed by atoms with Crippen LogP contribution in [0.2, 0.25) is 5.02 Å². The maximum absolute atomic E-state index is 13.2. The molecule has 3 aromatic rings. The number of hydrogen-bond acceptors (Lipinski definition) is 6. The minimum absolute atomic E-state index is 0.0232. The molecule has 0 aliphatic carbocycles. The molecule has 0 aliphatic rings. The number of benzene rings is 1. The lowest BCUT2D eigenvalue weighted by atomic mass is 9.88. The van der Waals surface area contributed by atoms with Gasteiger partial charge in [-0.25, -0.2) is 19.3 Å². The molecule has 0 unspecified atom stereocenters. The molecular formula is C16H17ClN6OS. The Morgan fingerprint density at radius 1 is 1.12 bits per heavy atom. The third-order valence-electron chi connectivity index (χ3n) is 3.69. The molecule has 0 saturated carbocycles. The van der Waals surface area contributed by atoms with E-state index in [2.05, 4.69) is 20.2 Å². The first-order valence-corrected chi connectivity index (χ1v) is 8.95. The van der Waals surface area contributed by atoms with Gasteiger partial charge in [0.1, 0.15) is 25.3 Å². The van der Waals surface area contributed by atoms with Gasteiger partial charge in [0, 0.05) is 21.1 Å². The maximum atomic E-state index is 13.2. The van der Waals surface area contributed by atoms with Crippen molar-refractivity contribution in [3.63, 3.8) is 0 Å². The molecule has 0 atom stereocenters. The van der Waals surface area contributed by atoms with Crippen LogP contribution in [0, 0.1) is 5.41 Å². The van der Waals surface area contributed by atoms with Crippen LogP contribution in [0.5, 0.6) is 0 Å². The van der Waals surface area contributed by atoms with Crippen LogP contribution in [-0.2, 0) is 4.79 Å². The molecule has 0 amide bonds. The van der Waals surface area contributed by atoms with Crippen LogP contribution >= 0.6 is 23.4 Å². The predicted octanol–water partition coefficient (Wildman–Crippen LogP) is 2.96. The average Bonchev–Trinajstić information content (AvgIpc) is 3.29. The number of aromatic nitrogens is 6. The molecule has 3 rings (SSSR count). The van der Waals surface area contributed by atoms with Gasteiger partial charge in [0.2, 0.25) is 6.17 Å². The minimum Gasteiger partial charge on any atom is -0.294 e. The summed E-state index contributed by atoms with van der Waals surface area (Å²) in [4.78, 5) is 22.2. The maximum Gasteiger partial charge on any atom is 0.205 e. The molecule has 1 aromatic carbocycles. The molecule has 0 radical (unpaired) electrons. The zero-order valence-electron chi connectivity index (χ0n) is 13.8. The normalized spacial score (nSPS) is 11.8. The highest BCUT2D eigenvalue weighted by Crippen LogP contribution is 2.32. The summed E-state index contributed by atoms with van der Waals surface area (Å²) in [5.41, 5.74) is -0.618. The summed E-state index contributed by atoms with van der Waals surface area (Å²) in [7, 11) is 0. The highest BCUT2D eigenvalue weighted by atomic mass is 35.5. The Labute approximate surface area is 154 Å². The van der Waals surface area contributed by atoms with E-state index in [9.17, 15) is 4.79 Å². The zero-order valence-corrected chi connectivity index (χ0v) is 15.4. The van der Waals surface area contributed by atoms with Crippen LogP contribution in [0.15, 0.2) is 54.5 Å². The lowest BCUT2D eigenvalue weighted by molar-refractivity contribution is -0.131. The van der Waals surface area contributed by atoms with E-state index in [1.165, 1.54) is 34.7 Å². The van der Waals surface area contributed by atoms with Gasteiger partial charge in [0.05, 0.1) is 0 Å². The third kappa shape index (κ3) is 4.08. The number of ketones is 1. The van der Waals surface area contributed by atoms with Crippen LogP contribution in [0.1, 0.15) is 20.0 Å². The smallest absolute Gasteiger partial charge is 0.205 e. The number of halogens is 1. The number of carbonyl (C=O) groups excluding carboxylic acids is 1. The summed E-state index contributed by atoms with van der Waals surface area (Å²) < 4.78 is 2.98. The second kappa shape index (κ2) is 7.37. The van der Waals surface area contributed by atoms with E-state index in [1.807, 2.05) is 38.1 Å². The second-order valence-electron chi connectivity index (χ2n) is 6.12. The monoisotopic (exact) mass is 376 g/mol. The fourth-order valence-corrected chi connectivity index (χ4v) is 3.39. The summed E-state index contributed by atoms with van der Waals surface area (Å²) in [6, 6.07) is 7.57. The molecule has 25 heavy (non-hydrogen) atoms. The van der Waals surface area contributed by atoms with Crippen molar-refractivity contribution in [1.29, 1.82) is 0 Å². The first-order chi connectivity index (χ1) is 12.0. The molecule has 0 aliphatic heterocycles. The number of nitrogens with zero attached hydrogens (tertiary/aromatic N) is 6. The zero-order chi connectivity index (χ0) is 17.9. The molecular weight excluding hydrogens is 360 g/mol. The largest absolute Gasteiger partial charge is 0.294 e. The average molecular weight is 377 g/mol. The van der Waals surface area contributed by atoms with Gasteiger partial charge in [0.25, 0.3) is 0 Å². The number of hydrogen-bond donors (Lipinski definition) is 0. The highest BCUT2D eigenvalue weighted by molar-refractivity contribution is 7.99. The standard InChI is InChI=1S/C16H17ClN6OS/c1-16(2,7-25-13-5-3-12(17)4-6-13)14(24)15(22-10-18-8-20-22)23-11-19-9-21-23/h3-6,8-11,15H,7H2,1-2H3. The van der Waals surface area contributed by atoms with Crippen molar-refractivity contribution in [2.75, 3.05) is 5.75 Å². The molecule has 130 valence electrons. The van der Waals surface area contributed by atoms with E-state index in [1.54, 1.807) is 11.8 Å². The van der Waals surface area contributed by atoms with Gasteiger partial charge in [-0.1, -0.05) is 25.4 Å². The number of Topliss-reactive ketones (excluding diaryl/α,β-unsaturated/α-hetero) is 1. The summed E-state index contributed by atoms with van der Waals surface area (Å²) in [6.07, 6.45) is 5.09. The molecule has 0 bridgehead atoms. The minimum atomic E-state index is -0.717. The predicted molar refractivity (Wildman–Crippen MR) is 95.4 cm³/mol. The molecule has 0 saturated heterocycles. The van der Waals surface area contributed by atoms with Crippen LogP contribution in [0.4, 0.5) is 0 Å².